The van der Waals surface area contributed by atoms with Crippen molar-refractivity contribution in [2.75, 3.05) is 39.3 Å². The van der Waals surface area contributed by atoms with Gasteiger partial charge in [0.2, 0.25) is 0 Å². The van der Waals surface area contributed by atoms with Gasteiger partial charge in [0.15, 0.2) is 0 Å². The van der Waals surface area contributed by atoms with Gasteiger partial charge in [-0.15, -0.1) is 0 Å². The minimum absolute atomic E-state index is 0.110. The van der Waals surface area contributed by atoms with Crippen molar-refractivity contribution in [1.82, 2.24) is 9.80 Å². The van der Waals surface area contributed by atoms with E-state index in [0.717, 1.165) is 44.7 Å². The van der Waals surface area contributed by atoms with Gasteiger partial charge in [-0.1, -0.05) is 19.1 Å². The molecule has 1 heterocycles. The van der Waals surface area contributed by atoms with Gasteiger partial charge < -0.3 is 14.7 Å². The zero-order valence-corrected chi connectivity index (χ0v) is 12.9. The van der Waals surface area contributed by atoms with Crippen LogP contribution in [0.5, 0.6) is 5.75 Å². The van der Waals surface area contributed by atoms with Crippen LogP contribution >= 0.6 is 0 Å². The highest BCUT2D eigenvalue weighted by Gasteiger charge is 2.17. The average Bonchev–Trinajstić information content (AvgIpc) is 2.72. The molecule has 1 unspecified atom stereocenters. The maximum absolute atomic E-state index is 12.1. The summed E-state index contributed by atoms with van der Waals surface area (Å²) in [5.74, 6) is 0.110. The molecule has 1 N–H and O–H groups in total. The lowest BCUT2D eigenvalue weighted by Crippen LogP contribution is -2.33. The highest BCUT2D eigenvalue weighted by molar-refractivity contribution is 5.28. The second-order valence-electron chi connectivity index (χ2n) is 5.55. The standard InChI is InChI=1S/C16H24F2N2O2/c1-2-19-8-3-9-20(11-10-19)12-15(21)13-4-6-14(7-5-13)22-16(17)18/h4-7,15-16,21H,2-3,8-12H2,1H3. The summed E-state index contributed by atoms with van der Waals surface area (Å²) in [4.78, 5) is 4.66. The topological polar surface area (TPSA) is 35.9 Å². The number of likely N-dealkylation sites (N-methyl/N-ethyl adjacent to an activating group) is 1. The van der Waals surface area contributed by atoms with Crippen molar-refractivity contribution in [2.24, 2.45) is 0 Å². The number of hydrogen-bond donors (Lipinski definition) is 1. The predicted octanol–water partition coefficient (Wildman–Crippen LogP) is 2.35. The monoisotopic (exact) mass is 314 g/mol. The van der Waals surface area contributed by atoms with Crippen molar-refractivity contribution in [1.29, 1.82) is 0 Å². The molecule has 0 aliphatic carbocycles. The van der Waals surface area contributed by atoms with E-state index in [1.54, 1.807) is 12.1 Å². The smallest absolute Gasteiger partial charge is 0.387 e. The second kappa shape index (κ2) is 8.41. The molecule has 0 bridgehead atoms. The first-order valence-corrected chi connectivity index (χ1v) is 7.76. The number of benzene rings is 1. The number of hydrogen-bond acceptors (Lipinski definition) is 4. The number of halogens is 2. The third kappa shape index (κ3) is 5.19. The van der Waals surface area contributed by atoms with Crippen LogP contribution in [-0.2, 0) is 0 Å². The third-order valence-electron chi connectivity index (χ3n) is 4.05. The van der Waals surface area contributed by atoms with E-state index in [1.807, 2.05) is 0 Å². The highest BCUT2D eigenvalue weighted by Crippen LogP contribution is 2.20. The van der Waals surface area contributed by atoms with Crippen molar-refractivity contribution >= 4 is 0 Å². The minimum atomic E-state index is -2.82. The van der Waals surface area contributed by atoms with Crippen LogP contribution in [-0.4, -0.2) is 60.8 Å². The van der Waals surface area contributed by atoms with Gasteiger partial charge in [-0.2, -0.15) is 8.78 Å². The summed E-state index contributed by atoms with van der Waals surface area (Å²) >= 11 is 0. The Kier molecular flexibility index (Phi) is 6.54. The number of aliphatic hydroxyl groups is 1. The van der Waals surface area contributed by atoms with Gasteiger partial charge in [-0.05, 0) is 43.8 Å². The van der Waals surface area contributed by atoms with Crippen molar-refractivity contribution in [3.05, 3.63) is 29.8 Å². The fourth-order valence-electron chi connectivity index (χ4n) is 2.74. The van der Waals surface area contributed by atoms with Crippen molar-refractivity contribution in [3.63, 3.8) is 0 Å². The quantitative estimate of drug-likeness (QED) is 0.874. The first kappa shape index (κ1) is 17.1. The second-order valence-corrected chi connectivity index (χ2v) is 5.55. The lowest BCUT2D eigenvalue weighted by Gasteiger charge is -2.24. The summed E-state index contributed by atoms with van der Waals surface area (Å²) in [5.41, 5.74) is 0.721. The van der Waals surface area contributed by atoms with E-state index in [2.05, 4.69) is 21.5 Å². The number of β-amino-alcohol motifs (C(OH)–C–C–N with tert-alkyl or cyclic N) is 1. The molecule has 1 aliphatic heterocycles. The fraction of sp³-hybridized carbons (Fsp3) is 0.625. The Morgan fingerprint density at radius 2 is 1.73 bits per heavy atom. The number of aliphatic hydroxyl groups excluding tert-OH is 1. The maximum atomic E-state index is 12.1. The van der Waals surface area contributed by atoms with Crippen LogP contribution in [0, 0.1) is 0 Å². The molecule has 22 heavy (non-hydrogen) atoms. The lowest BCUT2D eigenvalue weighted by atomic mass is 10.1. The number of alkyl halides is 2. The molecule has 124 valence electrons. The Labute approximate surface area is 130 Å². The number of ether oxygens (including phenoxy) is 1. The van der Waals surface area contributed by atoms with Crippen LogP contribution in [0.3, 0.4) is 0 Å². The molecule has 2 rings (SSSR count). The normalized spacial score (nSPS) is 19.1. The molecule has 6 heteroatoms. The molecule has 4 nitrogen and oxygen atoms in total. The summed E-state index contributed by atoms with van der Waals surface area (Å²) < 4.78 is 28.5. The summed E-state index contributed by atoms with van der Waals surface area (Å²) in [7, 11) is 0. The van der Waals surface area contributed by atoms with Crippen LogP contribution in [0.1, 0.15) is 25.0 Å². The Morgan fingerprint density at radius 3 is 2.36 bits per heavy atom. The fourth-order valence-corrected chi connectivity index (χ4v) is 2.74. The molecule has 1 fully saturated rings. The van der Waals surface area contributed by atoms with Crippen LogP contribution in [0.2, 0.25) is 0 Å². The number of nitrogens with zero attached hydrogens (tertiary/aromatic N) is 2. The summed E-state index contributed by atoms with van der Waals surface area (Å²) in [5, 5.41) is 10.3. The molecule has 0 saturated carbocycles. The predicted molar refractivity (Wildman–Crippen MR) is 81.2 cm³/mol. The third-order valence-corrected chi connectivity index (χ3v) is 4.05. The van der Waals surface area contributed by atoms with Gasteiger partial charge >= 0.3 is 6.61 Å². The van der Waals surface area contributed by atoms with E-state index in [0.29, 0.717) is 6.54 Å². The lowest BCUT2D eigenvalue weighted by molar-refractivity contribution is -0.0498. The Hall–Kier alpha value is -1.24. The Balaban J connectivity index is 1.87. The summed E-state index contributed by atoms with van der Waals surface area (Å²) in [6.45, 7) is 4.99. The van der Waals surface area contributed by atoms with Crippen LogP contribution in [0.4, 0.5) is 8.78 Å². The molecule has 1 aromatic rings. The van der Waals surface area contributed by atoms with E-state index in [9.17, 15) is 13.9 Å². The van der Waals surface area contributed by atoms with E-state index >= 15 is 0 Å². The van der Waals surface area contributed by atoms with E-state index in [-0.39, 0.29) is 5.75 Å². The molecule has 0 aromatic heterocycles. The zero-order chi connectivity index (χ0) is 15.9. The summed E-state index contributed by atoms with van der Waals surface area (Å²) in [6, 6.07) is 6.20. The van der Waals surface area contributed by atoms with Gasteiger partial charge in [-0.3, -0.25) is 4.90 Å². The van der Waals surface area contributed by atoms with Gasteiger partial charge in [0, 0.05) is 19.6 Å². The van der Waals surface area contributed by atoms with Crippen LogP contribution < -0.4 is 4.74 Å². The Bertz CT molecular complexity index is 442. The van der Waals surface area contributed by atoms with Gasteiger partial charge in [0.25, 0.3) is 0 Å². The largest absolute Gasteiger partial charge is 0.435 e. The van der Waals surface area contributed by atoms with Gasteiger partial charge in [-0.25, -0.2) is 0 Å². The van der Waals surface area contributed by atoms with Gasteiger partial charge in [0.05, 0.1) is 6.10 Å². The Morgan fingerprint density at radius 1 is 1.09 bits per heavy atom. The van der Waals surface area contributed by atoms with Gasteiger partial charge in [0.1, 0.15) is 5.75 Å². The first-order valence-electron chi connectivity index (χ1n) is 7.76. The van der Waals surface area contributed by atoms with Crippen molar-refractivity contribution < 1.29 is 18.6 Å². The van der Waals surface area contributed by atoms with Crippen molar-refractivity contribution in [2.45, 2.75) is 26.1 Å². The van der Waals surface area contributed by atoms with E-state index in [4.69, 9.17) is 0 Å². The first-order chi connectivity index (χ1) is 10.6. The van der Waals surface area contributed by atoms with Crippen LogP contribution in [0.25, 0.3) is 0 Å². The van der Waals surface area contributed by atoms with Crippen LogP contribution in [0.15, 0.2) is 24.3 Å². The molecule has 0 amide bonds. The summed E-state index contributed by atoms with van der Waals surface area (Å²) in [6.07, 6.45) is 0.482. The minimum Gasteiger partial charge on any atom is -0.435 e. The zero-order valence-electron chi connectivity index (χ0n) is 12.9. The van der Waals surface area contributed by atoms with E-state index in [1.165, 1.54) is 12.1 Å². The molecule has 1 saturated heterocycles. The maximum Gasteiger partial charge on any atom is 0.387 e. The molecule has 1 aromatic carbocycles. The molecule has 1 aliphatic rings. The molecule has 0 spiro atoms. The highest BCUT2D eigenvalue weighted by atomic mass is 19.3. The molecular formula is C16H24F2N2O2. The molecule has 1 atom stereocenters. The number of rotatable bonds is 6. The molecule has 0 radical (unpaired) electrons. The average molecular weight is 314 g/mol. The van der Waals surface area contributed by atoms with Crippen molar-refractivity contribution in [3.8, 4) is 5.75 Å². The molecular weight excluding hydrogens is 290 g/mol. The SMILES string of the molecule is CCN1CCCN(CC(O)c2ccc(OC(F)F)cc2)CC1. The van der Waals surface area contributed by atoms with E-state index < -0.39 is 12.7 Å².